The molecule has 2 saturated heterocycles. The number of amides is 3. The molecule has 0 atom stereocenters. The predicted molar refractivity (Wildman–Crippen MR) is 78.1 cm³/mol. The van der Waals surface area contributed by atoms with E-state index in [9.17, 15) is 9.59 Å². The van der Waals surface area contributed by atoms with E-state index >= 15 is 0 Å². The number of aryl methyl sites for hydroxylation is 1. The van der Waals surface area contributed by atoms with Crippen LogP contribution in [-0.4, -0.2) is 77.6 Å². The molecular formula is C14H21N5O3. The Balaban J connectivity index is 1.43. The van der Waals surface area contributed by atoms with Crippen LogP contribution in [0.3, 0.4) is 0 Å². The molecule has 8 heteroatoms. The summed E-state index contributed by atoms with van der Waals surface area (Å²) in [4.78, 5) is 29.2. The SMILES string of the molecule is Cc1cc(CN2CCN(CC(=O)N3CCNC3=O)CC2)on1. The van der Waals surface area contributed by atoms with Gasteiger partial charge in [0.15, 0.2) is 5.76 Å². The Bertz CT molecular complexity index is 550. The largest absolute Gasteiger partial charge is 0.360 e. The Kier molecular flexibility index (Phi) is 4.39. The fraction of sp³-hybridized carbons (Fsp3) is 0.643. The fourth-order valence-electron chi connectivity index (χ4n) is 2.80. The van der Waals surface area contributed by atoms with Gasteiger partial charge in [0, 0.05) is 45.3 Å². The number of carbonyl (C=O) groups is 2. The highest BCUT2D eigenvalue weighted by Gasteiger charge is 2.28. The fourth-order valence-corrected chi connectivity index (χ4v) is 2.80. The molecule has 1 aromatic heterocycles. The maximum Gasteiger partial charge on any atom is 0.324 e. The van der Waals surface area contributed by atoms with E-state index in [0.717, 1.165) is 44.2 Å². The third-order valence-electron chi connectivity index (χ3n) is 4.04. The van der Waals surface area contributed by atoms with E-state index in [1.165, 1.54) is 4.90 Å². The Morgan fingerprint density at radius 2 is 2.00 bits per heavy atom. The van der Waals surface area contributed by atoms with Crippen LogP contribution < -0.4 is 5.32 Å². The van der Waals surface area contributed by atoms with E-state index in [0.29, 0.717) is 19.6 Å². The van der Waals surface area contributed by atoms with Crippen molar-refractivity contribution in [1.29, 1.82) is 0 Å². The quantitative estimate of drug-likeness (QED) is 0.819. The monoisotopic (exact) mass is 307 g/mol. The van der Waals surface area contributed by atoms with Gasteiger partial charge in [0.05, 0.1) is 18.8 Å². The van der Waals surface area contributed by atoms with E-state index in [1.807, 2.05) is 13.0 Å². The van der Waals surface area contributed by atoms with Crippen LogP contribution in [0, 0.1) is 6.92 Å². The van der Waals surface area contributed by atoms with Crippen LogP contribution in [0.15, 0.2) is 10.6 Å². The second-order valence-corrected chi connectivity index (χ2v) is 5.76. The van der Waals surface area contributed by atoms with Gasteiger partial charge in [0.25, 0.3) is 0 Å². The first-order chi connectivity index (χ1) is 10.6. The number of hydrogen-bond acceptors (Lipinski definition) is 6. The number of hydrogen-bond donors (Lipinski definition) is 1. The van der Waals surface area contributed by atoms with Crippen molar-refractivity contribution in [1.82, 2.24) is 25.2 Å². The average molecular weight is 307 g/mol. The molecule has 2 aliphatic heterocycles. The van der Waals surface area contributed by atoms with Gasteiger partial charge in [-0.05, 0) is 6.92 Å². The summed E-state index contributed by atoms with van der Waals surface area (Å²) >= 11 is 0. The normalized spacial score (nSPS) is 20.4. The molecule has 0 radical (unpaired) electrons. The van der Waals surface area contributed by atoms with Gasteiger partial charge >= 0.3 is 6.03 Å². The van der Waals surface area contributed by atoms with Crippen molar-refractivity contribution in [2.45, 2.75) is 13.5 Å². The van der Waals surface area contributed by atoms with Gasteiger partial charge in [-0.15, -0.1) is 0 Å². The van der Waals surface area contributed by atoms with Gasteiger partial charge in [-0.2, -0.15) is 0 Å². The zero-order valence-electron chi connectivity index (χ0n) is 12.7. The van der Waals surface area contributed by atoms with E-state index in [-0.39, 0.29) is 11.9 Å². The third-order valence-corrected chi connectivity index (χ3v) is 4.04. The van der Waals surface area contributed by atoms with Gasteiger partial charge in [0.1, 0.15) is 0 Å². The highest BCUT2D eigenvalue weighted by Crippen LogP contribution is 2.10. The lowest BCUT2D eigenvalue weighted by atomic mass is 10.3. The Morgan fingerprint density at radius 1 is 1.27 bits per heavy atom. The molecule has 2 fully saturated rings. The van der Waals surface area contributed by atoms with Crippen molar-refractivity contribution in [3.8, 4) is 0 Å². The minimum Gasteiger partial charge on any atom is -0.360 e. The molecule has 120 valence electrons. The Labute approximate surface area is 129 Å². The van der Waals surface area contributed by atoms with Gasteiger partial charge in [0.2, 0.25) is 5.91 Å². The van der Waals surface area contributed by atoms with Crippen LogP contribution >= 0.6 is 0 Å². The number of piperazine rings is 1. The lowest BCUT2D eigenvalue weighted by molar-refractivity contribution is -0.129. The number of rotatable bonds is 4. The van der Waals surface area contributed by atoms with Crippen LogP contribution in [0.25, 0.3) is 0 Å². The van der Waals surface area contributed by atoms with Crippen LogP contribution in [0.1, 0.15) is 11.5 Å². The molecule has 1 N–H and O–H groups in total. The molecule has 2 aliphatic rings. The van der Waals surface area contributed by atoms with Crippen molar-refractivity contribution in [3.63, 3.8) is 0 Å². The standard InChI is InChI=1S/C14H21N5O3/c1-11-8-12(22-16-11)9-17-4-6-18(7-5-17)10-13(20)19-3-2-15-14(19)21/h8H,2-7,9-10H2,1H3,(H,15,21). The molecular weight excluding hydrogens is 286 g/mol. The molecule has 0 bridgehead atoms. The first-order valence-electron chi connectivity index (χ1n) is 7.57. The Morgan fingerprint density at radius 3 is 2.59 bits per heavy atom. The van der Waals surface area contributed by atoms with Crippen molar-refractivity contribution < 1.29 is 14.1 Å². The smallest absolute Gasteiger partial charge is 0.324 e. The van der Waals surface area contributed by atoms with E-state index in [1.54, 1.807) is 0 Å². The number of carbonyl (C=O) groups excluding carboxylic acids is 2. The first-order valence-corrected chi connectivity index (χ1v) is 7.57. The van der Waals surface area contributed by atoms with E-state index in [2.05, 4.69) is 20.3 Å². The number of nitrogens with zero attached hydrogens (tertiary/aromatic N) is 4. The summed E-state index contributed by atoms with van der Waals surface area (Å²) in [5.74, 6) is 0.755. The highest BCUT2D eigenvalue weighted by molar-refractivity contribution is 5.96. The molecule has 0 aromatic carbocycles. The molecule has 22 heavy (non-hydrogen) atoms. The van der Waals surface area contributed by atoms with Gasteiger partial charge < -0.3 is 9.84 Å². The summed E-state index contributed by atoms with van der Waals surface area (Å²) in [5, 5.41) is 6.53. The van der Waals surface area contributed by atoms with Gasteiger partial charge in [-0.25, -0.2) is 4.79 Å². The molecule has 1 aromatic rings. The first kappa shape index (κ1) is 15.0. The van der Waals surface area contributed by atoms with Crippen molar-refractivity contribution in [2.75, 3.05) is 45.8 Å². The highest BCUT2D eigenvalue weighted by atomic mass is 16.5. The summed E-state index contributed by atoms with van der Waals surface area (Å²) in [7, 11) is 0. The molecule has 0 spiro atoms. The van der Waals surface area contributed by atoms with E-state index < -0.39 is 0 Å². The van der Waals surface area contributed by atoms with Crippen LogP contribution in [0.5, 0.6) is 0 Å². The lowest BCUT2D eigenvalue weighted by Gasteiger charge is -2.34. The van der Waals surface area contributed by atoms with Gasteiger partial charge in [-0.3, -0.25) is 19.5 Å². The molecule has 8 nitrogen and oxygen atoms in total. The number of imide groups is 1. The number of urea groups is 1. The maximum absolute atomic E-state index is 12.1. The predicted octanol–water partition coefficient (Wildman–Crippen LogP) is -0.348. The summed E-state index contributed by atoms with van der Waals surface area (Å²) < 4.78 is 5.23. The molecule has 3 heterocycles. The summed E-state index contributed by atoms with van der Waals surface area (Å²) in [5.41, 5.74) is 0.892. The second-order valence-electron chi connectivity index (χ2n) is 5.76. The van der Waals surface area contributed by atoms with Crippen molar-refractivity contribution >= 4 is 11.9 Å². The van der Waals surface area contributed by atoms with Crippen LogP contribution in [0.2, 0.25) is 0 Å². The minimum atomic E-state index is -0.274. The minimum absolute atomic E-state index is 0.116. The molecule has 0 saturated carbocycles. The summed E-state index contributed by atoms with van der Waals surface area (Å²) in [6.45, 7) is 7.36. The Hall–Kier alpha value is -1.93. The van der Waals surface area contributed by atoms with Crippen LogP contribution in [0.4, 0.5) is 4.79 Å². The molecule has 3 amide bonds. The third kappa shape index (κ3) is 3.45. The topological polar surface area (TPSA) is 81.9 Å². The molecule has 0 unspecified atom stereocenters. The van der Waals surface area contributed by atoms with Crippen molar-refractivity contribution in [2.24, 2.45) is 0 Å². The van der Waals surface area contributed by atoms with E-state index in [4.69, 9.17) is 4.52 Å². The zero-order chi connectivity index (χ0) is 15.5. The number of nitrogens with one attached hydrogen (secondary N) is 1. The van der Waals surface area contributed by atoms with Crippen molar-refractivity contribution in [3.05, 3.63) is 17.5 Å². The van der Waals surface area contributed by atoms with Gasteiger partial charge in [-0.1, -0.05) is 5.16 Å². The zero-order valence-corrected chi connectivity index (χ0v) is 12.7. The summed E-state index contributed by atoms with van der Waals surface area (Å²) in [6.07, 6.45) is 0. The lowest BCUT2D eigenvalue weighted by Crippen LogP contribution is -2.50. The van der Waals surface area contributed by atoms with Crippen LogP contribution in [-0.2, 0) is 11.3 Å². The average Bonchev–Trinajstić information content (AvgIpc) is 3.10. The maximum atomic E-state index is 12.1. The number of aromatic nitrogens is 1. The molecule has 3 rings (SSSR count). The molecule has 0 aliphatic carbocycles. The summed E-state index contributed by atoms with van der Waals surface area (Å²) in [6, 6.07) is 1.67. The second kappa shape index (κ2) is 6.45.